The van der Waals surface area contributed by atoms with Crippen molar-refractivity contribution in [1.82, 2.24) is 9.88 Å². The maximum absolute atomic E-state index is 13.2. The third kappa shape index (κ3) is 6.66. The van der Waals surface area contributed by atoms with Gasteiger partial charge in [0, 0.05) is 36.2 Å². The first-order valence-electron chi connectivity index (χ1n) is 10.7. The Kier molecular flexibility index (Phi) is 10.1. The molecule has 1 saturated heterocycles. The normalized spacial score (nSPS) is 14.1. The van der Waals surface area contributed by atoms with Gasteiger partial charge in [-0.05, 0) is 49.2 Å². The Labute approximate surface area is 224 Å². The molecular formula is C23H25Cl4N3O3S. The van der Waals surface area contributed by atoms with Gasteiger partial charge in [0.05, 0.1) is 28.5 Å². The number of thiazole rings is 1. The molecule has 34 heavy (non-hydrogen) atoms. The summed E-state index contributed by atoms with van der Waals surface area (Å²) in [5.74, 6) is 0.223. The van der Waals surface area contributed by atoms with E-state index in [0.717, 1.165) is 55.0 Å². The van der Waals surface area contributed by atoms with Gasteiger partial charge in [0.15, 0.2) is 11.7 Å². The van der Waals surface area contributed by atoms with Crippen molar-refractivity contribution in [3.8, 4) is 5.75 Å². The zero-order chi connectivity index (χ0) is 23.4. The molecule has 1 aromatic heterocycles. The zero-order valence-corrected chi connectivity index (χ0v) is 22.5. The van der Waals surface area contributed by atoms with Crippen LogP contribution in [0.2, 0.25) is 15.1 Å². The van der Waals surface area contributed by atoms with Crippen LogP contribution in [0.4, 0.5) is 5.13 Å². The SMILES string of the molecule is Cc1c(Cl)ccc2sc(N(CCCN3CCOCC3)C(=O)COc3ccc(Cl)cc3Cl)nc12.Cl. The van der Waals surface area contributed by atoms with Crippen LogP contribution in [0.15, 0.2) is 30.3 Å². The minimum Gasteiger partial charge on any atom is -0.482 e. The number of hydrogen-bond acceptors (Lipinski definition) is 6. The summed E-state index contributed by atoms with van der Waals surface area (Å²) in [4.78, 5) is 22.0. The molecule has 4 rings (SSSR count). The van der Waals surface area contributed by atoms with Gasteiger partial charge in [-0.15, -0.1) is 12.4 Å². The van der Waals surface area contributed by atoms with Crippen molar-refractivity contribution in [2.75, 3.05) is 50.9 Å². The van der Waals surface area contributed by atoms with E-state index >= 15 is 0 Å². The van der Waals surface area contributed by atoms with Crippen molar-refractivity contribution >= 4 is 79.8 Å². The highest BCUT2D eigenvalue weighted by Crippen LogP contribution is 2.34. The van der Waals surface area contributed by atoms with Crippen molar-refractivity contribution in [3.05, 3.63) is 51.0 Å². The van der Waals surface area contributed by atoms with Gasteiger partial charge in [-0.2, -0.15) is 0 Å². The number of rotatable bonds is 8. The van der Waals surface area contributed by atoms with E-state index in [9.17, 15) is 4.79 Å². The highest BCUT2D eigenvalue weighted by molar-refractivity contribution is 7.22. The topological polar surface area (TPSA) is 54.9 Å². The Balaban J connectivity index is 0.00000324. The van der Waals surface area contributed by atoms with Crippen LogP contribution in [0.1, 0.15) is 12.0 Å². The van der Waals surface area contributed by atoms with E-state index in [1.54, 1.807) is 23.1 Å². The lowest BCUT2D eigenvalue weighted by Crippen LogP contribution is -2.40. The van der Waals surface area contributed by atoms with E-state index in [1.807, 2.05) is 19.1 Å². The Morgan fingerprint density at radius 2 is 1.94 bits per heavy atom. The lowest BCUT2D eigenvalue weighted by Gasteiger charge is -2.27. The number of anilines is 1. The number of amides is 1. The van der Waals surface area contributed by atoms with Crippen molar-refractivity contribution in [2.45, 2.75) is 13.3 Å². The molecule has 3 aromatic rings. The summed E-state index contributed by atoms with van der Waals surface area (Å²) in [7, 11) is 0. The van der Waals surface area contributed by atoms with E-state index in [2.05, 4.69) is 4.90 Å². The minimum atomic E-state index is -0.189. The van der Waals surface area contributed by atoms with Crippen LogP contribution in [0, 0.1) is 6.92 Å². The Morgan fingerprint density at radius 3 is 2.68 bits per heavy atom. The van der Waals surface area contributed by atoms with Gasteiger partial charge in [-0.1, -0.05) is 46.1 Å². The standard InChI is InChI=1S/C23H24Cl3N3O3S.ClH/c1-15-17(25)4-6-20-22(15)27-23(33-20)29(8-2-7-28-9-11-31-12-10-28)21(30)14-32-19-5-3-16(24)13-18(19)26;/h3-6,13H,2,7-12,14H2,1H3;1H. The van der Waals surface area contributed by atoms with E-state index in [-0.39, 0.29) is 24.9 Å². The molecule has 0 atom stereocenters. The monoisotopic (exact) mass is 563 g/mol. The number of fused-ring (bicyclic) bond motifs is 1. The van der Waals surface area contributed by atoms with Gasteiger partial charge >= 0.3 is 0 Å². The van der Waals surface area contributed by atoms with Crippen LogP contribution in [0.25, 0.3) is 10.2 Å². The van der Waals surface area contributed by atoms with Gasteiger partial charge in [0.2, 0.25) is 0 Å². The second-order valence-electron chi connectivity index (χ2n) is 7.73. The van der Waals surface area contributed by atoms with Gasteiger partial charge in [-0.25, -0.2) is 4.98 Å². The van der Waals surface area contributed by atoms with Crippen molar-refractivity contribution in [3.63, 3.8) is 0 Å². The lowest BCUT2D eigenvalue weighted by atomic mass is 10.2. The molecule has 0 saturated carbocycles. The highest BCUT2D eigenvalue weighted by atomic mass is 35.5. The van der Waals surface area contributed by atoms with Gasteiger partial charge in [-0.3, -0.25) is 14.6 Å². The molecule has 0 N–H and O–H groups in total. The maximum atomic E-state index is 13.2. The molecule has 2 aromatic carbocycles. The Hall–Kier alpha value is -1.32. The summed E-state index contributed by atoms with van der Waals surface area (Å²) >= 11 is 19.9. The molecule has 0 radical (unpaired) electrons. The first kappa shape index (κ1) is 27.3. The van der Waals surface area contributed by atoms with Crippen molar-refractivity contribution in [2.24, 2.45) is 0 Å². The number of morpholine rings is 1. The van der Waals surface area contributed by atoms with E-state index in [1.165, 1.54) is 11.3 Å². The van der Waals surface area contributed by atoms with Gasteiger partial charge in [0.1, 0.15) is 5.75 Å². The molecule has 2 heterocycles. The average molecular weight is 565 g/mol. The fraction of sp³-hybridized carbons (Fsp3) is 0.391. The molecule has 0 spiro atoms. The summed E-state index contributed by atoms with van der Waals surface area (Å²) in [5.41, 5.74) is 1.72. The zero-order valence-electron chi connectivity index (χ0n) is 18.6. The molecule has 0 aliphatic carbocycles. The van der Waals surface area contributed by atoms with Crippen molar-refractivity contribution in [1.29, 1.82) is 0 Å². The number of carbonyl (C=O) groups excluding carboxylic acids is 1. The van der Waals surface area contributed by atoms with Crippen LogP contribution < -0.4 is 9.64 Å². The van der Waals surface area contributed by atoms with Crippen LogP contribution in [-0.4, -0.2) is 61.8 Å². The number of hydrogen-bond donors (Lipinski definition) is 0. The summed E-state index contributed by atoms with van der Waals surface area (Å²) in [6.07, 6.45) is 0.809. The van der Waals surface area contributed by atoms with Crippen LogP contribution in [0.3, 0.4) is 0 Å². The Bertz CT molecular complexity index is 1140. The molecule has 1 aliphatic heterocycles. The smallest absolute Gasteiger partial charge is 0.266 e. The molecular weight excluding hydrogens is 540 g/mol. The number of aryl methyl sites for hydroxylation is 1. The highest BCUT2D eigenvalue weighted by Gasteiger charge is 2.22. The predicted molar refractivity (Wildman–Crippen MR) is 143 cm³/mol. The van der Waals surface area contributed by atoms with Gasteiger partial charge in [0.25, 0.3) is 5.91 Å². The minimum absolute atomic E-state index is 0. The van der Waals surface area contributed by atoms with Crippen molar-refractivity contribution < 1.29 is 14.3 Å². The Morgan fingerprint density at radius 1 is 1.18 bits per heavy atom. The first-order valence-corrected chi connectivity index (χ1v) is 12.6. The molecule has 184 valence electrons. The number of benzene rings is 2. The molecule has 1 aliphatic rings. The van der Waals surface area contributed by atoms with Crippen LogP contribution in [-0.2, 0) is 9.53 Å². The average Bonchev–Trinajstić information content (AvgIpc) is 3.24. The summed E-state index contributed by atoms with van der Waals surface area (Å²) in [6.45, 7) is 6.49. The second-order valence-corrected chi connectivity index (χ2v) is 9.99. The number of halogens is 4. The third-order valence-corrected chi connectivity index (χ3v) is 7.46. The number of ether oxygens (including phenoxy) is 2. The molecule has 0 unspecified atom stereocenters. The fourth-order valence-corrected chi connectivity index (χ4v) is 5.30. The second kappa shape index (κ2) is 12.6. The lowest BCUT2D eigenvalue weighted by molar-refractivity contribution is -0.120. The van der Waals surface area contributed by atoms with Gasteiger partial charge < -0.3 is 9.47 Å². The molecule has 11 heteroatoms. The van der Waals surface area contributed by atoms with E-state index in [0.29, 0.717) is 32.5 Å². The number of nitrogens with zero attached hydrogens (tertiary/aromatic N) is 3. The summed E-state index contributed by atoms with van der Waals surface area (Å²) < 4.78 is 12.1. The number of carbonyl (C=O) groups is 1. The van der Waals surface area contributed by atoms with Crippen LogP contribution >= 0.6 is 58.5 Å². The third-order valence-electron chi connectivity index (χ3n) is 5.47. The van der Waals surface area contributed by atoms with E-state index < -0.39 is 0 Å². The summed E-state index contributed by atoms with van der Waals surface area (Å²) in [6, 6.07) is 8.71. The summed E-state index contributed by atoms with van der Waals surface area (Å²) in [5, 5.41) is 2.16. The molecule has 0 bridgehead atoms. The fourth-order valence-electron chi connectivity index (χ4n) is 3.62. The molecule has 1 amide bonds. The van der Waals surface area contributed by atoms with Crippen LogP contribution in [0.5, 0.6) is 5.75 Å². The largest absolute Gasteiger partial charge is 0.482 e. The molecule has 6 nitrogen and oxygen atoms in total. The quantitative estimate of drug-likeness (QED) is 0.330. The number of aromatic nitrogens is 1. The maximum Gasteiger partial charge on any atom is 0.266 e. The van der Waals surface area contributed by atoms with E-state index in [4.69, 9.17) is 49.3 Å². The first-order chi connectivity index (χ1) is 15.9. The molecule has 1 fully saturated rings. The predicted octanol–water partition coefficient (Wildman–Crippen LogP) is 6.12.